The molecule has 1 saturated carbocycles. The van der Waals surface area contributed by atoms with Gasteiger partial charge in [-0.1, -0.05) is 30.1 Å². The number of pyridine rings is 1. The second kappa shape index (κ2) is 11.5. The quantitative estimate of drug-likeness (QED) is 0.564. The van der Waals surface area contributed by atoms with Gasteiger partial charge in [0.25, 0.3) is 0 Å². The lowest BCUT2D eigenvalue weighted by molar-refractivity contribution is -0.136. The van der Waals surface area contributed by atoms with E-state index in [4.69, 9.17) is 9.26 Å². The van der Waals surface area contributed by atoms with Gasteiger partial charge in [-0.3, -0.25) is 14.6 Å². The number of ether oxygens (including phenoxy) is 1. The van der Waals surface area contributed by atoms with Gasteiger partial charge in [0, 0.05) is 43.0 Å². The predicted octanol–water partition coefficient (Wildman–Crippen LogP) is 3.76. The van der Waals surface area contributed by atoms with Crippen LogP contribution in [0.4, 0.5) is 0 Å². The molecule has 1 aliphatic carbocycles. The van der Waals surface area contributed by atoms with Crippen molar-refractivity contribution in [3.05, 3.63) is 60.2 Å². The molecule has 3 heterocycles. The summed E-state index contributed by atoms with van der Waals surface area (Å²) >= 11 is 0. The van der Waals surface area contributed by atoms with E-state index in [2.05, 4.69) is 20.4 Å². The zero-order valence-corrected chi connectivity index (χ0v) is 21.1. The third kappa shape index (κ3) is 5.81. The number of methoxy groups -OCH3 is 1. The van der Waals surface area contributed by atoms with Crippen molar-refractivity contribution in [2.24, 2.45) is 5.92 Å². The molecule has 2 aromatic heterocycles. The Morgan fingerprint density at radius 3 is 2.89 bits per heavy atom. The number of carbonyl (C=O) groups excluding carboxylic acids is 2. The molecule has 2 aliphatic rings. The lowest BCUT2D eigenvalue weighted by Crippen LogP contribution is -2.47. The SMILES string of the molecule is COc1cccc(CC(=O)N2CCCCCCNC(=O)C3CC(c4nc(-c5cccnc5)no4)CC32)c1. The summed E-state index contributed by atoms with van der Waals surface area (Å²) in [6, 6.07) is 11.1. The lowest BCUT2D eigenvalue weighted by Gasteiger charge is -2.33. The molecule has 1 aliphatic heterocycles. The number of nitrogens with zero attached hydrogens (tertiary/aromatic N) is 4. The van der Waals surface area contributed by atoms with Crippen LogP contribution in [0.2, 0.25) is 0 Å². The first-order chi connectivity index (χ1) is 18.1. The summed E-state index contributed by atoms with van der Waals surface area (Å²) in [5.74, 6) is 1.30. The minimum Gasteiger partial charge on any atom is -0.497 e. The summed E-state index contributed by atoms with van der Waals surface area (Å²) in [6.45, 7) is 1.30. The number of hydrogen-bond donors (Lipinski definition) is 1. The highest BCUT2D eigenvalue weighted by atomic mass is 16.5. The number of hydrogen-bond acceptors (Lipinski definition) is 7. The van der Waals surface area contributed by atoms with Gasteiger partial charge in [-0.15, -0.1) is 0 Å². The van der Waals surface area contributed by atoms with E-state index < -0.39 is 0 Å². The van der Waals surface area contributed by atoms with Crippen LogP contribution < -0.4 is 10.1 Å². The Balaban J connectivity index is 1.40. The maximum Gasteiger partial charge on any atom is 0.230 e. The Labute approximate surface area is 216 Å². The van der Waals surface area contributed by atoms with Gasteiger partial charge in [-0.2, -0.15) is 4.98 Å². The fourth-order valence-corrected chi connectivity index (χ4v) is 5.49. The van der Waals surface area contributed by atoms with Crippen LogP contribution in [-0.2, 0) is 16.0 Å². The molecule has 0 bridgehead atoms. The third-order valence-electron chi connectivity index (χ3n) is 7.41. The Bertz CT molecular complexity index is 1210. The van der Waals surface area contributed by atoms with Crippen LogP contribution in [0.3, 0.4) is 0 Å². The fraction of sp³-hybridized carbons (Fsp3) is 0.464. The van der Waals surface area contributed by atoms with E-state index in [9.17, 15) is 9.59 Å². The first-order valence-electron chi connectivity index (χ1n) is 13.1. The molecule has 0 spiro atoms. The zero-order chi connectivity index (χ0) is 25.6. The maximum absolute atomic E-state index is 13.7. The van der Waals surface area contributed by atoms with Crippen molar-refractivity contribution in [1.29, 1.82) is 0 Å². The van der Waals surface area contributed by atoms with Crippen molar-refractivity contribution in [2.45, 2.75) is 56.9 Å². The summed E-state index contributed by atoms with van der Waals surface area (Å²) in [7, 11) is 1.62. The first-order valence-corrected chi connectivity index (χ1v) is 13.1. The van der Waals surface area contributed by atoms with E-state index in [0.717, 1.165) is 42.6 Å². The van der Waals surface area contributed by atoms with E-state index in [0.29, 0.717) is 37.6 Å². The van der Waals surface area contributed by atoms with Crippen LogP contribution in [0.5, 0.6) is 5.75 Å². The van der Waals surface area contributed by atoms with Gasteiger partial charge in [-0.25, -0.2) is 0 Å². The molecule has 0 radical (unpaired) electrons. The van der Waals surface area contributed by atoms with Gasteiger partial charge < -0.3 is 19.5 Å². The van der Waals surface area contributed by atoms with Crippen LogP contribution in [0, 0.1) is 5.92 Å². The molecule has 2 fully saturated rings. The molecule has 5 rings (SSSR count). The highest BCUT2D eigenvalue weighted by Crippen LogP contribution is 2.41. The normalized spacial score (nSPS) is 22.6. The molecule has 9 heteroatoms. The van der Waals surface area contributed by atoms with E-state index in [-0.39, 0.29) is 36.1 Å². The van der Waals surface area contributed by atoms with Crippen LogP contribution >= 0.6 is 0 Å². The Morgan fingerprint density at radius 2 is 2.05 bits per heavy atom. The number of benzene rings is 1. The smallest absolute Gasteiger partial charge is 0.230 e. The van der Waals surface area contributed by atoms with E-state index in [1.807, 2.05) is 41.3 Å². The molecule has 9 nitrogen and oxygen atoms in total. The van der Waals surface area contributed by atoms with Crippen molar-refractivity contribution >= 4 is 11.8 Å². The van der Waals surface area contributed by atoms with Crippen LogP contribution in [0.15, 0.2) is 53.3 Å². The average Bonchev–Trinajstić information content (AvgIpc) is 3.58. The standard InChI is InChI=1S/C28H33N5O4/c1-36-22-10-6-8-19(14-22)15-25(34)33-13-5-3-2-4-12-30-27(35)23-16-21(17-24(23)33)28-31-26(32-37-28)20-9-7-11-29-18-20/h6-11,14,18,21,23-24H,2-5,12-13,15-17H2,1H3,(H,30,35). The zero-order valence-electron chi connectivity index (χ0n) is 21.1. The van der Waals surface area contributed by atoms with Crippen molar-refractivity contribution in [1.82, 2.24) is 25.3 Å². The van der Waals surface area contributed by atoms with Crippen molar-refractivity contribution in [3.63, 3.8) is 0 Å². The first kappa shape index (κ1) is 24.9. The molecule has 3 unspecified atom stereocenters. The van der Waals surface area contributed by atoms with Gasteiger partial charge in [-0.05, 0) is 55.5 Å². The van der Waals surface area contributed by atoms with Crippen molar-refractivity contribution < 1.29 is 18.8 Å². The summed E-state index contributed by atoms with van der Waals surface area (Å²) in [5, 5.41) is 7.26. The predicted molar refractivity (Wildman–Crippen MR) is 137 cm³/mol. The molecular weight excluding hydrogens is 470 g/mol. The van der Waals surface area contributed by atoms with Crippen molar-refractivity contribution in [2.75, 3.05) is 20.2 Å². The Hall–Kier alpha value is -3.75. The number of nitrogens with one attached hydrogen (secondary N) is 1. The van der Waals surface area contributed by atoms with E-state index in [1.165, 1.54) is 0 Å². The summed E-state index contributed by atoms with van der Waals surface area (Å²) in [6.07, 6.45) is 8.75. The fourth-order valence-electron chi connectivity index (χ4n) is 5.49. The molecule has 1 aromatic carbocycles. The number of fused-ring (bicyclic) bond motifs is 1. The van der Waals surface area contributed by atoms with Gasteiger partial charge in [0.1, 0.15) is 5.75 Å². The molecule has 2 amide bonds. The second-order valence-corrected chi connectivity index (χ2v) is 9.86. The van der Waals surface area contributed by atoms with Gasteiger partial charge in [0.2, 0.25) is 23.5 Å². The van der Waals surface area contributed by atoms with E-state index in [1.54, 1.807) is 19.5 Å². The highest BCUT2D eigenvalue weighted by molar-refractivity contribution is 5.83. The maximum atomic E-state index is 13.7. The minimum absolute atomic E-state index is 0.000536. The number of carbonyl (C=O) groups is 2. The molecule has 3 atom stereocenters. The minimum atomic E-state index is -0.328. The average molecular weight is 504 g/mol. The Morgan fingerprint density at radius 1 is 1.16 bits per heavy atom. The van der Waals surface area contributed by atoms with Crippen LogP contribution in [0.25, 0.3) is 11.4 Å². The van der Waals surface area contributed by atoms with Gasteiger partial charge in [0.05, 0.1) is 19.4 Å². The van der Waals surface area contributed by atoms with E-state index >= 15 is 0 Å². The summed E-state index contributed by atoms with van der Waals surface area (Å²) < 4.78 is 11.0. The number of rotatable bonds is 5. The largest absolute Gasteiger partial charge is 0.497 e. The van der Waals surface area contributed by atoms with Crippen molar-refractivity contribution in [3.8, 4) is 17.1 Å². The molecule has 37 heavy (non-hydrogen) atoms. The molecule has 1 saturated heterocycles. The molecule has 3 aromatic rings. The lowest BCUT2D eigenvalue weighted by atomic mass is 9.99. The monoisotopic (exact) mass is 503 g/mol. The molecule has 1 N–H and O–H groups in total. The highest BCUT2D eigenvalue weighted by Gasteiger charge is 2.45. The summed E-state index contributed by atoms with van der Waals surface area (Å²) in [5.41, 5.74) is 1.67. The van der Waals surface area contributed by atoms with Gasteiger partial charge in [0.15, 0.2) is 0 Å². The number of amides is 2. The molecular formula is C28H33N5O4. The van der Waals surface area contributed by atoms with Gasteiger partial charge >= 0.3 is 0 Å². The third-order valence-corrected chi connectivity index (χ3v) is 7.41. The number of aromatic nitrogens is 3. The summed E-state index contributed by atoms with van der Waals surface area (Å²) in [4.78, 5) is 37.7. The van der Waals surface area contributed by atoms with Crippen LogP contribution in [-0.4, -0.2) is 58.1 Å². The Kier molecular flexibility index (Phi) is 7.77. The molecule has 194 valence electrons. The topological polar surface area (TPSA) is 110 Å². The second-order valence-electron chi connectivity index (χ2n) is 9.86. The van der Waals surface area contributed by atoms with Crippen LogP contribution in [0.1, 0.15) is 55.9 Å².